The van der Waals surface area contributed by atoms with E-state index in [1.807, 2.05) is 19.3 Å². The minimum absolute atomic E-state index is 0.0572. The number of nitrogens with one attached hydrogen (secondary N) is 2. The average Bonchev–Trinajstić information content (AvgIpc) is 3.17. The standard InChI is InChI=1S/C19H30N4O2/c1-15(18-3-2-14-25-18)21-19(24)22-17-7-12-23(13-8-17)11-6-16-4-9-20-10-5-16/h4-5,9-10,15,17-18H,2-3,6-8,11-14H2,1H3,(H2,21,22,24). The van der Waals surface area contributed by atoms with E-state index in [2.05, 4.69) is 32.7 Å². The van der Waals surface area contributed by atoms with E-state index in [0.29, 0.717) is 0 Å². The Bertz CT molecular complexity index is 525. The van der Waals surface area contributed by atoms with Gasteiger partial charge in [-0.2, -0.15) is 0 Å². The Morgan fingerprint density at radius 1 is 1.32 bits per heavy atom. The Labute approximate surface area is 150 Å². The van der Waals surface area contributed by atoms with Gasteiger partial charge in [0.25, 0.3) is 0 Å². The highest BCUT2D eigenvalue weighted by atomic mass is 16.5. The maximum atomic E-state index is 12.2. The summed E-state index contributed by atoms with van der Waals surface area (Å²) < 4.78 is 5.63. The Hall–Kier alpha value is -1.66. The van der Waals surface area contributed by atoms with E-state index in [1.165, 1.54) is 5.56 Å². The first-order chi connectivity index (χ1) is 12.2. The predicted octanol–water partition coefficient (Wildman–Crippen LogP) is 1.96. The van der Waals surface area contributed by atoms with Crippen LogP contribution in [0.25, 0.3) is 0 Å². The lowest BCUT2D eigenvalue weighted by atomic mass is 10.0. The summed E-state index contributed by atoms with van der Waals surface area (Å²) in [6.07, 6.45) is 9.08. The third kappa shape index (κ3) is 5.68. The van der Waals surface area contributed by atoms with Crippen molar-refractivity contribution in [3.63, 3.8) is 0 Å². The third-order valence-electron chi connectivity index (χ3n) is 5.27. The number of rotatable bonds is 6. The van der Waals surface area contributed by atoms with Crippen molar-refractivity contribution in [2.45, 2.75) is 57.2 Å². The molecule has 2 unspecified atom stereocenters. The molecule has 0 aliphatic carbocycles. The number of hydrogen-bond donors (Lipinski definition) is 2. The molecule has 0 spiro atoms. The summed E-state index contributed by atoms with van der Waals surface area (Å²) in [4.78, 5) is 18.7. The van der Waals surface area contributed by atoms with Crippen LogP contribution in [0.3, 0.4) is 0 Å². The molecule has 2 fully saturated rings. The molecule has 2 amide bonds. The van der Waals surface area contributed by atoms with Crippen molar-refractivity contribution in [1.29, 1.82) is 0 Å². The molecule has 138 valence electrons. The van der Waals surface area contributed by atoms with E-state index in [1.54, 1.807) is 0 Å². The van der Waals surface area contributed by atoms with Crippen LogP contribution in [0.2, 0.25) is 0 Å². The number of hydrogen-bond acceptors (Lipinski definition) is 4. The molecule has 6 nitrogen and oxygen atoms in total. The van der Waals surface area contributed by atoms with Crippen molar-refractivity contribution in [2.24, 2.45) is 0 Å². The highest BCUT2D eigenvalue weighted by molar-refractivity contribution is 5.74. The van der Waals surface area contributed by atoms with Gasteiger partial charge in [0.05, 0.1) is 12.1 Å². The Kier molecular flexibility index (Phi) is 6.64. The molecule has 2 saturated heterocycles. The molecule has 1 aromatic heterocycles. The molecule has 1 aromatic rings. The van der Waals surface area contributed by atoms with Gasteiger partial charge in [0.1, 0.15) is 0 Å². The largest absolute Gasteiger partial charge is 0.376 e. The monoisotopic (exact) mass is 346 g/mol. The van der Waals surface area contributed by atoms with Crippen molar-refractivity contribution in [3.05, 3.63) is 30.1 Å². The van der Waals surface area contributed by atoms with Crippen molar-refractivity contribution in [2.75, 3.05) is 26.2 Å². The SMILES string of the molecule is CC(NC(=O)NC1CCN(CCc2ccncc2)CC1)C1CCCO1. The molecule has 3 heterocycles. The number of likely N-dealkylation sites (tertiary alicyclic amines) is 1. The molecule has 0 radical (unpaired) electrons. The summed E-state index contributed by atoms with van der Waals surface area (Å²) in [7, 11) is 0. The van der Waals surface area contributed by atoms with Crippen molar-refractivity contribution < 1.29 is 9.53 Å². The van der Waals surface area contributed by atoms with E-state index < -0.39 is 0 Å². The lowest BCUT2D eigenvalue weighted by Crippen LogP contribution is -2.51. The molecule has 2 aliphatic rings. The van der Waals surface area contributed by atoms with Crippen LogP contribution in [-0.4, -0.2) is 60.3 Å². The number of nitrogens with zero attached hydrogens (tertiary/aromatic N) is 2. The first-order valence-corrected chi connectivity index (χ1v) is 9.50. The number of carbonyl (C=O) groups excluding carboxylic acids is 1. The highest BCUT2D eigenvalue weighted by Gasteiger charge is 2.25. The van der Waals surface area contributed by atoms with E-state index in [4.69, 9.17) is 4.74 Å². The maximum Gasteiger partial charge on any atom is 0.315 e. The first-order valence-electron chi connectivity index (χ1n) is 9.50. The van der Waals surface area contributed by atoms with E-state index in [-0.39, 0.29) is 24.2 Å². The molecule has 2 atom stereocenters. The minimum atomic E-state index is -0.0572. The summed E-state index contributed by atoms with van der Waals surface area (Å²) in [5.41, 5.74) is 1.33. The number of ether oxygens (including phenoxy) is 1. The number of aromatic nitrogens is 1. The van der Waals surface area contributed by atoms with Gasteiger partial charge in [-0.15, -0.1) is 0 Å². The van der Waals surface area contributed by atoms with Crippen LogP contribution < -0.4 is 10.6 Å². The Morgan fingerprint density at radius 2 is 2.08 bits per heavy atom. The second-order valence-electron chi connectivity index (χ2n) is 7.18. The maximum absolute atomic E-state index is 12.2. The molecule has 2 aliphatic heterocycles. The fourth-order valence-corrected chi connectivity index (χ4v) is 3.66. The van der Waals surface area contributed by atoms with Gasteiger partial charge in [0.15, 0.2) is 0 Å². The van der Waals surface area contributed by atoms with Crippen LogP contribution in [0.1, 0.15) is 38.2 Å². The summed E-state index contributed by atoms with van der Waals surface area (Å²) in [5.74, 6) is 0. The van der Waals surface area contributed by atoms with Crippen LogP contribution in [0, 0.1) is 0 Å². The molecule has 25 heavy (non-hydrogen) atoms. The smallest absolute Gasteiger partial charge is 0.315 e. The summed E-state index contributed by atoms with van der Waals surface area (Å²) >= 11 is 0. The topological polar surface area (TPSA) is 66.5 Å². The van der Waals surface area contributed by atoms with Gasteiger partial charge in [-0.1, -0.05) is 0 Å². The van der Waals surface area contributed by atoms with Gasteiger partial charge in [0.2, 0.25) is 0 Å². The zero-order valence-electron chi connectivity index (χ0n) is 15.1. The van der Waals surface area contributed by atoms with Crippen LogP contribution in [-0.2, 0) is 11.2 Å². The minimum Gasteiger partial charge on any atom is -0.376 e. The van der Waals surface area contributed by atoms with Gasteiger partial charge >= 0.3 is 6.03 Å². The second-order valence-corrected chi connectivity index (χ2v) is 7.18. The highest BCUT2D eigenvalue weighted by Crippen LogP contribution is 2.15. The van der Waals surface area contributed by atoms with Gasteiger partial charge in [-0.3, -0.25) is 4.98 Å². The van der Waals surface area contributed by atoms with Gasteiger partial charge < -0.3 is 20.3 Å². The predicted molar refractivity (Wildman–Crippen MR) is 97.5 cm³/mol. The fraction of sp³-hybridized carbons (Fsp3) is 0.684. The third-order valence-corrected chi connectivity index (χ3v) is 5.27. The average molecular weight is 346 g/mol. The normalized spacial score (nSPS) is 23.3. The number of amides is 2. The van der Waals surface area contributed by atoms with Gasteiger partial charge in [0, 0.05) is 44.7 Å². The number of urea groups is 1. The van der Waals surface area contributed by atoms with Crippen molar-refractivity contribution in [3.8, 4) is 0 Å². The van der Waals surface area contributed by atoms with Crippen molar-refractivity contribution in [1.82, 2.24) is 20.5 Å². The van der Waals surface area contributed by atoms with Crippen LogP contribution in [0.4, 0.5) is 4.79 Å². The Morgan fingerprint density at radius 3 is 2.76 bits per heavy atom. The molecule has 0 saturated carbocycles. The molecular formula is C19H30N4O2. The lowest BCUT2D eigenvalue weighted by Gasteiger charge is -2.32. The van der Waals surface area contributed by atoms with Gasteiger partial charge in [-0.05, 0) is 56.7 Å². The molecular weight excluding hydrogens is 316 g/mol. The van der Waals surface area contributed by atoms with Gasteiger partial charge in [-0.25, -0.2) is 4.79 Å². The van der Waals surface area contributed by atoms with Crippen LogP contribution >= 0.6 is 0 Å². The van der Waals surface area contributed by atoms with E-state index in [0.717, 1.165) is 58.3 Å². The van der Waals surface area contributed by atoms with Crippen LogP contribution in [0.5, 0.6) is 0 Å². The zero-order chi connectivity index (χ0) is 17.5. The summed E-state index contributed by atoms with van der Waals surface area (Å²) in [6, 6.07) is 4.44. The zero-order valence-corrected chi connectivity index (χ0v) is 15.1. The van der Waals surface area contributed by atoms with E-state index in [9.17, 15) is 4.79 Å². The lowest BCUT2D eigenvalue weighted by molar-refractivity contribution is 0.0855. The summed E-state index contributed by atoms with van der Waals surface area (Å²) in [5, 5.41) is 6.16. The molecule has 2 N–H and O–H groups in total. The van der Waals surface area contributed by atoms with Crippen LogP contribution in [0.15, 0.2) is 24.5 Å². The molecule has 3 rings (SSSR count). The summed E-state index contributed by atoms with van der Waals surface area (Å²) in [6.45, 7) is 5.99. The van der Waals surface area contributed by atoms with E-state index >= 15 is 0 Å². The quantitative estimate of drug-likeness (QED) is 0.826. The molecule has 0 aromatic carbocycles. The molecule has 6 heteroatoms. The number of pyridine rings is 1. The Balaban J connectivity index is 1.32. The van der Waals surface area contributed by atoms with Crippen molar-refractivity contribution >= 4 is 6.03 Å². The first kappa shape index (κ1) is 18.1. The fourth-order valence-electron chi connectivity index (χ4n) is 3.66. The number of carbonyl (C=O) groups is 1. The second kappa shape index (κ2) is 9.15. The molecule has 0 bridgehead atoms. The number of piperidine rings is 1.